The smallest absolute Gasteiger partial charge is 0.326 e. The van der Waals surface area contributed by atoms with Crippen molar-refractivity contribution in [2.45, 2.75) is 26.8 Å². The number of Topliss-reactive ketones (excluding diaryl/α,β-unsaturated/α-hetero) is 1. The fraction of sp³-hybridized carbons (Fsp3) is 0.400. The lowest BCUT2D eigenvalue weighted by Gasteiger charge is -2.35. The van der Waals surface area contributed by atoms with Crippen LogP contribution in [0.25, 0.3) is 0 Å². The average Bonchev–Trinajstić information content (AvgIpc) is 2.38. The maximum Gasteiger partial charge on any atom is 0.326 e. The van der Waals surface area contributed by atoms with E-state index in [1.165, 1.54) is 4.90 Å². The molecule has 1 aromatic carbocycles. The molecule has 0 N–H and O–H groups in total. The third kappa shape index (κ3) is 2.72. The van der Waals surface area contributed by atoms with Gasteiger partial charge in [-0.25, -0.2) is 0 Å². The van der Waals surface area contributed by atoms with Gasteiger partial charge in [0.2, 0.25) is 5.91 Å². The van der Waals surface area contributed by atoms with Gasteiger partial charge in [0.1, 0.15) is 0 Å². The summed E-state index contributed by atoms with van der Waals surface area (Å²) in [5.74, 6) is -3.22. The van der Waals surface area contributed by atoms with Crippen molar-refractivity contribution in [1.29, 1.82) is 0 Å². The van der Waals surface area contributed by atoms with Gasteiger partial charge in [-0.2, -0.15) is 0 Å². The molecule has 112 valence electrons. The Morgan fingerprint density at radius 1 is 1.38 bits per heavy atom. The fourth-order valence-corrected chi connectivity index (χ4v) is 2.75. The van der Waals surface area contributed by atoms with Crippen molar-refractivity contribution in [1.82, 2.24) is 0 Å². The number of carbonyl (C=O) groups is 3. The van der Waals surface area contributed by atoms with Gasteiger partial charge in [-0.3, -0.25) is 14.4 Å². The molecule has 0 radical (unpaired) electrons. The number of fused-ring (bicyclic) bond motifs is 1. The second kappa shape index (κ2) is 5.97. The molecule has 0 bridgehead atoms. The summed E-state index contributed by atoms with van der Waals surface area (Å²) in [6.45, 7) is 5.44. The van der Waals surface area contributed by atoms with E-state index in [-0.39, 0.29) is 12.6 Å². The molecule has 0 aliphatic carbocycles. The summed E-state index contributed by atoms with van der Waals surface area (Å²) in [6.07, 6.45) is 0. The topological polar surface area (TPSA) is 63.7 Å². The Morgan fingerprint density at radius 2 is 2.05 bits per heavy atom. The van der Waals surface area contributed by atoms with Gasteiger partial charge < -0.3 is 9.64 Å². The van der Waals surface area contributed by atoms with E-state index in [4.69, 9.17) is 4.74 Å². The predicted octanol–water partition coefficient (Wildman–Crippen LogP) is 2.57. The van der Waals surface area contributed by atoms with Crippen LogP contribution in [0.4, 0.5) is 5.69 Å². The normalized spacial score (nSPS) is 18.0. The third-order valence-electron chi connectivity index (χ3n) is 3.27. The molecule has 0 saturated carbocycles. The number of carbonyl (C=O) groups excluding carboxylic acids is 3. The molecule has 2 rings (SSSR count). The van der Waals surface area contributed by atoms with Crippen molar-refractivity contribution < 1.29 is 19.1 Å². The monoisotopic (exact) mass is 353 g/mol. The van der Waals surface area contributed by atoms with Gasteiger partial charge in [-0.05, 0) is 39.0 Å². The van der Waals surface area contributed by atoms with Gasteiger partial charge in [0.15, 0.2) is 11.7 Å². The van der Waals surface area contributed by atoms with E-state index in [2.05, 4.69) is 15.9 Å². The second-order valence-corrected chi connectivity index (χ2v) is 5.93. The number of amides is 1. The van der Waals surface area contributed by atoms with Crippen LogP contribution in [0.5, 0.6) is 0 Å². The number of esters is 1. The molecule has 1 aliphatic rings. The number of nitrogens with zero attached hydrogens (tertiary/aromatic N) is 1. The maximum absolute atomic E-state index is 12.6. The molecule has 0 aromatic heterocycles. The van der Waals surface area contributed by atoms with Gasteiger partial charge in [0, 0.05) is 16.1 Å². The Labute approximate surface area is 131 Å². The minimum atomic E-state index is -1.40. The van der Waals surface area contributed by atoms with Gasteiger partial charge in [0.25, 0.3) is 0 Å². The molecule has 1 heterocycles. The number of ketones is 1. The third-order valence-corrected chi connectivity index (χ3v) is 3.76. The van der Waals surface area contributed by atoms with E-state index >= 15 is 0 Å². The van der Waals surface area contributed by atoms with Crippen LogP contribution in [0.15, 0.2) is 22.7 Å². The summed E-state index contributed by atoms with van der Waals surface area (Å²) in [6, 6.07) is 4.88. The van der Waals surface area contributed by atoms with Crippen molar-refractivity contribution in [3.8, 4) is 0 Å². The van der Waals surface area contributed by atoms with Crippen LogP contribution in [0.3, 0.4) is 0 Å². The van der Waals surface area contributed by atoms with Crippen LogP contribution in [0.2, 0.25) is 0 Å². The molecule has 1 aromatic rings. The van der Waals surface area contributed by atoms with Gasteiger partial charge in [0.05, 0.1) is 12.3 Å². The van der Waals surface area contributed by atoms with Crippen molar-refractivity contribution in [3.63, 3.8) is 0 Å². The molecular formula is C15H16BrNO4. The molecule has 1 unspecified atom stereocenters. The van der Waals surface area contributed by atoms with Crippen molar-refractivity contribution in [2.75, 3.05) is 11.5 Å². The fourth-order valence-electron chi connectivity index (χ4n) is 2.40. The average molecular weight is 354 g/mol. The Morgan fingerprint density at radius 3 is 2.62 bits per heavy atom. The summed E-state index contributed by atoms with van der Waals surface area (Å²) in [5.41, 5.74) is 0.888. The molecule has 6 heteroatoms. The zero-order chi connectivity index (χ0) is 15.7. The number of halogens is 1. The van der Waals surface area contributed by atoms with Gasteiger partial charge >= 0.3 is 5.97 Å². The first kappa shape index (κ1) is 15.7. The minimum Gasteiger partial charge on any atom is -0.465 e. The summed E-state index contributed by atoms with van der Waals surface area (Å²) in [7, 11) is 0. The highest BCUT2D eigenvalue weighted by molar-refractivity contribution is 9.10. The lowest BCUT2D eigenvalue weighted by Crippen LogP contribution is -2.51. The number of hydrogen-bond acceptors (Lipinski definition) is 4. The van der Waals surface area contributed by atoms with E-state index in [1.54, 1.807) is 25.1 Å². The van der Waals surface area contributed by atoms with Gasteiger partial charge in [-0.1, -0.05) is 15.9 Å². The van der Waals surface area contributed by atoms with Crippen LogP contribution in [0, 0.1) is 5.92 Å². The highest BCUT2D eigenvalue weighted by atomic mass is 79.9. The Bertz CT molecular complexity index is 612. The van der Waals surface area contributed by atoms with Crippen LogP contribution >= 0.6 is 15.9 Å². The van der Waals surface area contributed by atoms with Crippen LogP contribution < -0.4 is 4.90 Å². The lowest BCUT2D eigenvalue weighted by atomic mass is 9.89. The molecule has 0 saturated heterocycles. The van der Waals surface area contributed by atoms with E-state index < -0.39 is 23.6 Å². The predicted molar refractivity (Wildman–Crippen MR) is 81.2 cm³/mol. The van der Waals surface area contributed by atoms with E-state index in [1.807, 2.05) is 13.8 Å². The molecule has 0 fully saturated rings. The number of rotatable bonds is 3. The number of anilines is 1. The lowest BCUT2D eigenvalue weighted by molar-refractivity contribution is -0.149. The number of hydrogen-bond donors (Lipinski definition) is 0. The molecule has 21 heavy (non-hydrogen) atoms. The molecular weight excluding hydrogens is 338 g/mol. The van der Waals surface area contributed by atoms with Gasteiger partial charge in [-0.15, -0.1) is 0 Å². The number of benzene rings is 1. The van der Waals surface area contributed by atoms with E-state index in [0.717, 1.165) is 4.47 Å². The standard InChI is InChI=1S/C15H16BrNO4/c1-4-21-15(20)12-13(18)10-6-5-9(16)7-11(10)17(8(2)3)14(12)19/h5-8,12H,4H2,1-3H3. The van der Waals surface area contributed by atoms with Crippen LogP contribution in [0.1, 0.15) is 31.1 Å². The Balaban J connectivity index is 2.57. The molecule has 5 nitrogen and oxygen atoms in total. The summed E-state index contributed by atoms with van der Waals surface area (Å²) in [4.78, 5) is 38.5. The SMILES string of the molecule is CCOC(=O)C1C(=O)c2ccc(Br)cc2N(C(C)C)C1=O. The number of ether oxygens (including phenoxy) is 1. The zero-order valence-electron chi connectivity index (χ0n) is 12.1. The first-order valence-electron chi connectivity index (χ1n) is 6.72. The first-order valence-corrected chi connectivity index (χ1v) is 7.51. The molecule has 1 amide bonds. The van der Waals surface area contributed by atoms with Crippen LogP contribution in [-0.2, 0) is 14.3 Å². The Kier molecular flexibility index (Phi) is 4.46. The molecule has 1 aliphatic heterocycles. The first-order chi connectivity index (χ1) is 9.88. The second-order valence-electron chi connectivity index (χ2n) is 5.01. The quantitative estimate of drug-likeness (QED) is 0.618. The van der Waals surface area contributed by atoms with Crippen LogP contribution in [-0.4, -0.2) is 30.3 Å². The van der Waals surface area contributed by atoms with E-state index in [0.29, 0.717) is 11.3 Å². The van der Waals surface area contributed by atoms with Crippen molar-refractivity contribution >= 4 is 39.3 Å². The summed E-state index contributed by atoms with van der Waals surface area (Å²) >= 11 is 3.33. The van der Waals surface area contributed by atoms with Crippen molar-refractivity contribution in [3.05, 3.63) is 28.2 Å². The maximum atomic E-state index is 12.6. The Hall–Kier alpha value is -1.69. The summed E-state index contributed by atoms with van der Waals surface area (Å²) < 4.78 is 5.64. The van der Waals surface area contributed by atoms with E-state index in [9.17, 15) is 14.4 Å². The largest absolute Gasteiger partial charge is 0.465 e. The highest BCUT2D eigenvalue weighted by Gasteiger charge is 2.45. The zero-order valence-corrected chi connectivity index (χ0v) is 13.6. The minimum absolute atomic E-state index is 0.130. The highest BCUT2D eigenvalue weighted by Crippen LogP contribution is 2.34. The van der Waals surface area contributed by atoms with Crippen molar-refractivity contribution in [2.24, 2.45) is 5.92 Å². The molecule has 1 atom stereocenters. The summed E-state index contributed by atoms with van der Waals surface area (Å²) in [5, 5.41) is 0. The molecule has 0 spiro atoms.